The fourth-order valence-corrected chi connectivity index (χ4v) is 3.23. The van der Waals surface area contributed by atoms with Gasteiger partial charge in [-0.05, 0) is 55.5 Å². The van der Waals surface area contributed by atoms with Gasteiger partial charge in [-0.2, -0.15) is 0 Å². The van der Waals surface area contributed by atoms with Crippen LogP contribution in [-0.4, -0.2) is 36.2 Å². The molecule has 1 N–H and O–H groups in total. The second-order valence-electron chi connectivity index (χ2n) is 7.60. The molecule has 0 saturated carbocycles. The van der Waals surface area contributed by atoms with Gasteiger partial charge in [0.05, 0.1) is 6.17 Å². The molecule has 2 amide bonds. The van der Waals surface area contributed by atoms with Gasteiger partial charge in [-0.25, -0.2) is 9.78 Å². The summed E-state index contributed by atoms with van der Waals surface area (Å²) >= 11 is 0. The number of pyridine rings is 1. The summed E-state index contributed by atoms with van der Waals surface area (Å²) in [5.41, 5.74) is 4.57. The molecule has 1 aromatic heterocycles. The molecule has 0 radical (unpaired) electrons. The molecule has 0 aliphatic heterocycles. The van der Waals surface area contributed by atoms with Gasteiger partial charge in [-0.3, -0.25) is 10.2 Å². The Labute approximate surface area is 163 Å². The minimum Gasteiger partial charge on any atom is -0.330 e. The average Bonchev–Trinajstić information content (AvgIpc) is 2.59. The zero-order valence-corrected chi connectivity index (χ0v) is 17.6. The Morgan fingerprint density at radius 1 is 1.11 bits per heavy atom. The Morgan fingerprint density at radius 2 is 1.78 bits per heavy atom. The molecule has 0 fully saturated rings. The number of aryl methyl sites for hydroxylation is 2. The van der Waals surface area contributed by atoms with Crippen LogP contribution in [0.1, 0.15) is 49.1 Å². The van der Waals surface area contributed by atoms with Gasteiger partial charge in [-0.1, -0.05) is 38.1 Å². The van der Waals surface area contributed by atoms with E-state index in [1.165, 1.54) is 11.1 Å². The number of nitrogens with one attached hydrogen (secondary N) is 1. The van der Waals surface area contributed by atoms with Crippen molar-refractivity contribution in [3.05, 3.63) is 58.8 Å². The molecule has 0 spiro atoms. The molecular formula is C22H32N4O. The van der Waals surface area contributed by atoms with Crippen molar-refractivity contribution in [3.63, 3.8) is 0 Å². The summed E-state index contributed by atoms with van der Waals surface area (Å²) in [6.07, 6.45) is -0.200. The maximum atomic E-state index is 12.9. The molecule has 1 aromatic carbocycles. The van der Waals surface area contributed by atoms with Gasteiger partial charge in [0, 0.05) is 26.3 Å². The van der Waals surface area contributed by atoms with Crippen LogP contribution >= 0.6 is 0 Å². The van der Waals surface area contributed by atoms with Crippen molar-refractivity contribution in [3.8, 4) is 0 Å². The molecule has 5 heteroatoms. The minimum atomic E-state index is -0.200. The first kappa shape index (κ1) is 20.9. The van der Waals surface area contributed by atoms with E-state index in [2.05, 4.69) is 48.4 Å². The highest BCUT2D eigenvalue weighted by molar-refractivity contribution is 5.91. The average molecular weight is 369 g/mol. The van der Waals surface area contributed by atoms with E-state index in [0.29, 0.717) is 18.3 Å². The molecule has 1 unspecified atom stereocenters. The number of carbonyl (C=O) groups is 1. The molecule has 1 heterocycles. The van der Waals surface area contributed by atoms with Crippen molar-refractivity contribution in [2.75, 3.05) is 19.0 Å². The van der Waals surface area contributed by atoms with Crippen LogP contribution in [0.4, 0.5) is 10.6 Å². The van der Waals surface area contributed by atoms with E-state index >= 15 is 0 Å². The smallest absolute Gasteiger partial charge is 0.326 e. The van der Waals surface area contributed by atoms with Crippen LogP contribution in [0, 0.1) is 13.8 Å². The summed E-state index contributed by atoms with van der Waals surface area (Å²) in [6.45, 7) is 11.1. The zero-order chi connectivity index (χ0) is 20.1. The SMILES string of the molecule is Cc1cc(C)nc(N(C(=O)N(C)C)C(C)NCc2ccccc2C(C)C)c1. The van der Waals surface area contributed by atoms with Gasteiger partial charge in [0.25, 0.3) is 0 Å². The second-order valence-corrected chi connectivity index (χ2v) is 7.60. The molecular weight excluding hydrogens is 336 g/mol. The van der Waals surface area contributed by atoms with Crippen LogP contribution in [0.3, 0.4) is 0 Å². The van der Waals surface area contributed by atoms with Crippen molar-refractivity contribution >= 4 is 11.8 Å². The summed E-state index contributed by atoms with van der Waals surface area (Å²) in [4.78, 5) is 20.8. The van der Waals surface area contributed by atoms with E-state index in [0.717, 1.165) is 11.3 Å². The van der Waals surface area contributed by atoms with Gasteiger partial charge < -0.3 is 4.90 Å². The van der Waals surface area contributed by atoms with Crippen LogP contribution in [-0.2, 0) is 6.54 Å². The summed E-state index contributed by atoms with van der Waals surface area (Å²) in [7, 11) is 3.53. The molecule has 0 aliphatic rings. The number of aromatic nitrogens is 1. The number of hydrogen-bond acceptors (Lipinski definition) is 3. The monoisotopic (exact) mass is 368 g/mol. The minimum absolute atomic E-state index is 0.0929. The quantitative estimate of drug-likeness (QED) is 0.767. The first-order valence-electron chi connectivity index (χ1n) is 9.47. The molecule has 1 atom stereocenters. The highest BCUT2D eigenvalue weighted by Crippen LogP contribution is 2.21. The summed E-state index contributed by atoms with van der Waals surface area (Å²) < 4.78 is 0. The topological polar surface area (TPSA) is 48.5 Å². The van der Waals surface area contributed by atoms with Crippen LogP contribution in [0.2, 0.25) is 0 Å². The fourth-order valence-electron chi connectivity index (χ4n) is 3.23. The number of rotatable bonds is 6. The summed E-state index contributed by atoms with van der Waals surface area (Å²) in [5.74, 6) is 1.13. The van der Waals surface area contributed by atoms with Crippen LogP contribution in [0.25, 0.3) is 0 Å². The van der Waals surface area contributed by atoms with E-state index in [9.17, 15) is 4.79 Å². The van der Waals surface area contributed by atoms with Crippen LogP contribution in [0.15, 0.2) is 36.4 Å². The van der Waals surface area contributed by atoms with Crippen molar-refractivity contribution in [2.45, 2.75) is 53.2 Å². The second kappa shape index (κ2) is 9.00. The fraction of sp³-hybridized carbons (Fsp3) is 0.455. The Balaban J connectivity index is 2.27. The van der Waals surface area contributed by atoms with Gasteiger partial charge in [0.2, 0.25) is 0 Å². The number of anilines is 1. The molecule has 5 nitrogen and oxygen atoms in total. The molecule has 27 heavy (non-hydrogen) atoms. The standard InChI is InChI=1S/C22H32N4O/c1-15(2)20-11-9-8-10-19(20)14-23-18(5)26(22(27)25(6)7)21-13-16(3)12-17(4)24-21/h8-13,15,18,23H,14H2,1-7H3. The first-order chi connectivity index (χ1) is 12.7. The molecule has 0 aliphatic carbocycles. The summed E-state index contributed by atoms with van der Waals surface area (Å²) in [5, 5.41) is 3.51. The number of benzene rings is 1. The Bertz CT molecular complexity index is 765. The molecule has 0 bridgehead atoms. The Morgan fingerprint density at radius 3 is 2.37 bits per heavy atom. The van der Waals surface area contributed by atoms with Gasteiger partial charge in [0.15, 0.2) is 0 Å². The Hall–Kier alpha value is -2.40. The predicted molar refractivity (Wildman–Crippen MR) is 112 cm³/mol. The third-order valence-electron chi connectivity index (χ3n) is 4.57. The van der Waals surface area contributed by atoms with Crippen LogP contribution < -0.4 is 10.2 Å². The maximum Gasteiger partial charge on any atom is 0.326 e. The first-order valence-corrected chi connectivity index (χ1v) is 9.47. The number of hydrogen-bond donors (Lipinski definition) is 1. The van der Waals surface area contributed by atoms with Gasteiger partial charge in [0.1, 0.15) is 5.82 Å². The lowest BCUT2D eigenvalue weighted by atomic mass is 9.97. The van der Waals surface area contributed by atoms with Crippen molar-refractivity contribution in [2.24, 2.45) is 0 Å². The maximum absolute atomic E-state index is 12.9. The van der Waals surface area contributed by atoms with E-state index in [1.807, 2.05) is 32.9 Å². The van der Waals surface area contributed by atoms with Crippen molar-refractivity contribution < 1.29 is 4.79 Å². The molecule has 2 rings (SSSR count). The predicted octanol–water partition coefficient (Wildman–Crippen LogP) is 4.45. The highest BCUT2D eigenvalue weighted by atomic mass is 16.2. The largest absolute Gasteiger partial charge is 0.330 e. The van der Waals surface area contributed by atoms with Crippen LogP contribution in [0.5, 0.6) is 0 Å². The zero-order valence-electron chi connectivity index (χ0n) is 17.6. The third kappa shape index (κ3) is 5.30. The molecule has 2 aromatic rings. The van der Waals surface area contributed by atoms with Gasteiger partial charge >= 0.3 is 6.03 Å². The van der Waals surface area contributed by atoms with E-state index in [4.69, 9.17) is 0 Å². The number of amides is 2. The molecule has 146 valence electrons. The Kier molecular flexibility index (Phi) is 6.97. The van der Waals surface area contributed by atoms with E-state index in [-0.39, 0.29) is 12.2 Å². The lowest BCUT2D eigenvalue weighted by Gasteiger charge is -2.32. The van der Waals surface area contributed by atoms with Crippen molar-refractivity contribution in [1.82, 2.24) is 15.2 Å². The lowest BCUT2D eigenvalue weighted by Crippen LogP contribution is -2.51. The summed E-state index contributed by atoms with van der Waals surface area (Å²) in [6, 6.07) is 12.3. The lowest BCUT2D eigenvalue weighted by molar-refractivity contribution is 0.220. The van der Waals surface area contributed by atoms with Gasteiger partial charge in [-0.15, -0.1) is 0 Å². The highest BCUT2D eigenvalue weighted by Gasteiger charge is 2.25. The normalized spacial score (nSPS) is 12.1. The van der Waals surface area contributed by atoms with Crippen molar-refractivity contribution in [1.29, 1.82) is 0 Å². The van der Waals surface area contributed by atoms with E-state index < -0.39 is 0 Å². The number of nitrogens with zero attached hydrogens (tertiary/aromatic N) is 3. The third-order valence-corrected chi connectivity index (χ3v) is 4.57. The number of carbonyl (C=O) groups excluding carboxylic acids is 1. The van der Waals surface area contributed by atoms with E-state index in [1.54, 1.807) is 23.9 Å². The number of urea groups is 1. The molecule has 0 saturated heterocycles.